The topological polar surface area (TPSA) is 96.3 Å². The minimum atomic E-state index is -1.27. The molecule has 180 valence electrons. The zero-order chi connectivity index (χ0) is 25.2. The van der Waals surface area contributed by atoms with Gasteiger partial charge in [0, 0.05) is 29.3 Å². The van der Waals surface area contributed by atoms with Crippen molar-refractivity contribution in [2.75, 3.05) is 4.90 Å². The first-order valence-electron chi connectivity index (χ1n) is 10.6. The minimum absolute atomic E-state index is 0.0167. The van der Waals surface area contributed by atoms with E-state index in [2.05, 4.69) is 15.2 Å². The van der Waals surface area contributed by atoms with E-state index in [0.29, 0.717) is 9.90 Å². The predicted molar refractivity (Wildman–Crippen MR) is 131 cm³/mol. The van der Waals surface area contributed by atoms with Crippen LogP contribution in [0.1, 0.15) is 22.7 Å². The molecular formula is C25H16F2N4O3S2. The summed E-state index contributed by atoms with van der Waals surface area (Å²) in [6.45, 7) is 0. The Morgan fingerprint density at radius 3 is 2.39 bits per heavy atom. The van der Waals surface area contributed by atoms with Gasteiger partial charge in [0.1, 0.15) is 23.4 Å². The average molecular weight is 523 g/mol. The Labute approximate surface area is 212 Å². The number of thioether (sulfide) groups is 1. The molecule has 36 heavy (non-hydrogen) atoms. The van der Waals surface area contributed by atoms with E-state index in [1.54, 1.807) is 24.3 Å². The van der Waals surface area contributed by atoms with Gasteiger partial charge in [-0.15, -0.1) is 10.2 Å². The first-order valence-corrected chi connectivity index (χ1v) is 12.4. The lowest BCUT2D eigenvalue weighted by Crippen LogP contribution is -2.29. The SMILES string of the molecule is O=C1C(=O)N(c2nnc(SCc3ccccc3F)s2)C(c2ccccc2F)/C1=C(\O)c1ccncc1. The van der Waals surface area contributed by atoms with Crippen LogP contribution in [0.15, 0.2) is 83.0 Å². The minimum Gasteiger partial charge on any atom is -0.507 e. The summed E-state index contributed by atoms with van der Waals surface area (Å²) in [5, 5.41) is 19.2. The van der Waals surface area contributed by atoms with Gasteiger partial charge in [0.05, 0.1) is 5.57 Å². The van der Waals surface area contributed by atoms with Crippen molar-refractivity contribution in [2.24, 2.45) is 0 Å². The van der Waals surface area contributed by atoms with Crippen LogP contribution in [-0.4, -0.2) is 32.0 Å². The number of halogens is 2. The number of aliphatic hydroxyl groups excluding tert-OH is 1. The summed E-state index contributed by atoms with van der Waals surface area (Å²) in [7, 11) is 0. The number of carbonyl (C=O) groups excluding carboxylic acids is 2. The Kier molecular flexibility index (Phi) is 6.57. The second-order valence-electron chi connectivity index (χ2n) is 7.66. The van der Waals surface area contributed by atoms with Crippen molar-refractivity contribution in [1.29, 1.82) is 0 Å². The number of anilines is 1. The van der Waals surface area contributed by atoms with Gasteiger partial charge < -0.3 is 5.11 Å². The summed E-state index contributed by atoms with van der Waals surface area (Å²) in [5.74, 6) is -3.14. The van der Waals surface area contributed by atoms with Crippen molar-refractivity contribution in [3.8, 4) is 0 Å². The highest BCUT2D eigenvalue weighted by Crippen LogP contribution is 2.44. The number of benzene rings is 2. The monoisotopic (exact) mass is 522 g/mol. The van der Waals surface area contributed by atoms with E-state index in [0.717, 1.165) is 16.2 Å². The molecule has 5 rings (SSSR count). The molecule has 1 atom stereocenters. The molecule has 2 aromatic heterocycles. The highest BCUT2D eigenvalue weighted by atomic mass is 32.2. The van der Waals surface area contributed by atoms with Crippen molar-refractivity contribution in [3.05, 3.63) is 107 Å². The van der Waals surface area contributed by atoms with Gasteiger partial charge in [0.25, 0.3) is 5.78 Å². The maximum atomic E-state index is 14.9. The van der Waals surface area contributed by atoms with Gasteiger partial charge in [-0.25, -0.2) is 8.78 Å². The molecule has 4 aromatic rings. The van der Waals surface area contributed by atoms with Crippen molar-refractivity contribution >= 4 is 45.7 Å². The highest BCUT2D eigenvalue weighted by Gasteiger charge is 2.49. The van der Waals surface area contributed by atoms with Crippen molar-refractivity contribution in [3.63, 3.8) is 0 Å². The van der Waals surface area contributed by atoms with E-state index in [4.69, 9.17) is 0 Å². The Hall–Kier alpha value is -3.96. The van der Waals surface area contributed by atoms with Gasteiger partial charge in [-0.3, -0.25) is 19.5 Å². The summed E-state index contributed by atoms with van der Waals surface area (Å²) in [4.78, 5) is 31.2. The number of aliphatic hydroxyl groups is 1. The molecule has 0 radical (unpaired) electrons. The zero-order valence-corrected chi connectivity index (χ0v) is 20.0. The fraction of sp³-hybridized carbons (Fsp3) is 0.0800. The normalized spacial score (nSPS) is 17.1. The standard InChI is InChI=1S/C25H16F2N4O3S2/c26-17-7-3-1-5-15(17)13-35-25-30-29-24(36-25)31-20(16-6-2-4-8-18(16)27)19(22(33)23(31)34)21(32)14-9-11-28-12-10-14/h1-12,20,32H,13H2/b21-19+. The summed E-state index contributed by atoms with van der Waals surface area (Å²) < 4.78 is 29.3. The molecule has 0 spiro atoms. The molecule has 1 fully saturated rings. The summed E-state index contributed by atoms with van der Waals surface area (Å²) >= 11 is 2.22. The number of amides is 1. The average Bonchev–Trinajstić information content (AvgIpc) is 3.46. The smallest absolute Gasteiger partial charge is 0.301 e. The van der Waals surface area contributed by atoms with Gasteiger partial charge in [0.2, 0.25) is 5.13 Å². The summed E-state index contributed by atoms with van der Waals surface area (Å²) in [6.07, 6.45) is 2.85. The maximum Gasteiger partial charge on any atom is 0.301 e. The lowest BCUT2D eigenvalue weighted by molar-refractivity contribution is -0.132. The van der Waals surface area contributed by atoms with Crippen LogP contribution in [-0.2, 0) is 15.3 Å². The number of rotatable bonds is 6. The quantitative estimate of drug-likeness (QED) is 0.123. The van der Waals surface area contributed by atoms with E-state index in [-0.39, 0.29) is 33.4 Å². The molecule has 0 saturated carbocycles. The molecular weight excluding hydrogens is 506 g/mol. The van der Waals surface area contributed by atoms with E-state index in [9.17, 15) is 23.5 Å². The molecule has 1 aliphatic heterocycles. The summed E-state index contributed by atoms with van der Waals surface area (Å²) in [6, 6.07) is 13.7. The molecule has 1 aliphatic rings. The summed E-state index contributed by atoms with van der Waals surface area (Å²) in [5.41, 5.74) is 0.473. The van der Waals surface area contributed by atoms with Crippen molar-refractivity contribution in [1.82, 2.24) is 15.2 Å². The Balaban J connectivity index is 1.55. The van der Waals surface area contributed by atoms with Crippen LogP contribution < -0.4 is 4.90 Å². The predicted octanol–water partition coefficient (Wildman–Crippen LogP) is 5.13. The maximum absolute atomic E-state index is 14.9. The van der Waals surface area contributed by atoms with Gasteiger partial charge >= 0.3 is 5.91 Å². The Morgan fingerprint density at radius 1 is 0.972 bits per heavy atom. The number of hydrogen-bond donors (Lipinski definition) is 1. The Morgan fingerprint density at radius 2 is 1.67 bits per heavy atom. The van der Waals surface area contributed by atoms with Gasteiger partial charge in [-0.2, -0.15) is 0 Å². The molecule has 1 unspecified atom stereocenters. The van der Waals surface area contributed by atoms with Crippen LogP contribution in [0.5, 0.6) is 0 Å². The number of Topliss-reactive ketones (excluding diaryl/α,β-unsaturated/α-hetero) is 1. The van der Waals surface area contributed by atoms with Crippen LogP contribution in [0.4, 0.5) is 13.9 Å². The fourth-order valence-corrected chi connectivity index (χ4v) is 5.65. The third-order valence-electron chi connectivity index (χ3n) is 5.51. The van der Waals surface area contributed by atoms with E-state index in [1.165, 1.54) is 60.6 Å². The lowest BCUT2D eigenvalue weighted by atomic mass is 9.95. The second kappa shape index (κ2) is 9.96. The lowest BCUT2D eigenvalue weighted by Gasteiger charge is -2.22. The highest BCUT2D eigenvalue weighted by molar-refractivity contribution is 8.00. The molecule has 0 aliphatic carbocycles. The van der Waals surface area contributed by atoms with E-state index in [1.807, 2.05) is 0 Å². The molecule has 2 aromatic carbocycles. The van der Waals surface area contributed by atoms with Crippen LogP contribution in [0, 0.1) is 11.6 Å². The van der Waals surface area contributed by atoms with Crippen LogP contribution in [0.2, 0.25) is 0 Å². The zero-order valence-electron chi connectivity index (χ0n) is 18.3. The van der Waals surface area contributed by atoms with E-state index >= 15 is 0 Å². The molecule has 0 bridgehead atoms. The first kappa shape index (κ1) is 23.8. The van der Waals surface area contributed by atoms with Crippen LogP contribution in [0.3, 0.4) is 0 Å². The number of hydrogen-bond acceptors (Lipinski definition) is 8. The van der Waals surface area contributed by atoms with Crippen LogP contribution >= 0.6 is 23.1 Å². The number of nitrogens with zero attached hydrogens (tertiary/aromatic N) is 4. The molecule has 11 heteroatoms. The molecule has 1 saturated heterocycles. The van der Waals surface area contributed by atoms with Gasteiger partial charge in [-0.1, -0.05) is 59.5 Å². The van der Waals surface area contributed by atoms with E-state index < -0.39 is 29.3 Å². The molecule has 3 heterocycles. The van der Waals surface area contributed by atoms with Crippen LogP contribution in [0.25, 0.3) is 5.76 Å². The molecule has 7 nitrogen and oxygen atoms in total. The molecule has 1 amide bonds. The number of carbonyl (C=O) groups is 2. The van der Waals surface area contributed by atoms with Crippen molar-refractivity contribution < 1.29 is 23.5 Å². The molecule has 1 N–H and O–H groups in total. The largest absolute Gasteiger partial charge is 0.507 e. The number of pyridine rings is 1. The Bertz CT molecular complexity index is 1490. The third-order valence-corrected chi connectivity index (χ3v) is 7.61. The number of ketones is 1. The second-order valence-corrected chi connectivity index (χ2v) is 9.84. The van der Waals surface area contributed by atoms with Gasteiger partial charge in [-0.05, 0) is 29.8 Å². The third kappa shape index (κ3) is 4.38. The first-order chi connectivity index (χ1) is 17.5. The fourth-order valence-electron chi connectivity index (χ4n) is 3.80. The number of aromatic nitrogens is 3. The van der Waals surface area contributed by atoms with Gasteiger partial charge in [0.15, 0.2) is 4.34 Å². The van der Waals surface area contributed by atoms with Crippen molar-refractivity contribution in [2.45, 2.75) is 16.1 Å².